The molecule has 0 aromatic rings. The Morgan fingerprint density at radius 1 is 1.19 bits per heavy atom. The van der Waals surface area contributed by atoms with E-state index in [-0.39, 0.29) is 11.4 Å². The van der Waals surface area contributed by atoms with Gasteiger partial charge in [-0.2, -0.15) is 0 Å². The first-order valence-electron chi connectivity index (χ1n) is 6.73. The molecule has 0 N–H and O–H groups in total. The maximum atomic E-state index is 11.8. The Hall–Kier alpha value is -0.530. The van der Waals surface area contributed by atoms with E-state index in [0.29, 0.717) is 12.5 Å². The summed E-state index contributed by atoms with van der Waals surface area (Å²) in [5.74, 6) is 0.582. The van der Waals surface area contributed by atoms with Crippen molar-refractivity contribution in [2.75, 3.05) is 6.61 Å². The Bertz CT molecular complexity index is 213. The fourth-order valence-corrected chi connectivity index (χ4v) is 2.06. The standard InChI is InChI=1S/C14H26O2/c1-4-14(2,3)13(15)16-11-12-9-7-5-6-8-10-12/h12H,4-11H2,1-3H3. The van der Waals surface area contributed by atoms with E-state index in [0.717, 1.165) is 6.42 Å². The molecule has 0 heterocycles. The molecule has 0 radical (unpaired) electrons. The van der Waals surface area contributed by atoms with Crippen LogP contribution in [0.2, 0.25) is 0 Å². The van der Waals surface area contributed by atoms with Crippen LogP contribution in [0.25, 0.3) is 0 Å². The van der Waals surface area contributed by atoms with Gasteiger partial charge in [-0.15, -0.1) is 0 Å². The monoisotopic (exact) mass is 226 g/mol. The molecule has 1 aliphatic carbocycles. The summed E-state index contributed by atoms with van der Waals surface area (Å²) >= 11 is 0. The van der Waals surface area contributed by atoms with Gasteiger partial charge in [0.15, 0.2) is 0 Å². The molecule has 0 bridgehead atoms. The van der Waals surface area contributed by atoms with Crippen LogP contribution < -0.4 is 0 Å². The smallest absolute Gasteiger partial charge is 0.311 e. The van der Waals surface area contributed by atoms with Crippen LogP contribution in [0.15, 0.2) is 0 Å². The average molecular weight is 226 g/mol. The third kappa shape index (κ3) is 4.15. The minimum absolute atomic E-state index is 0.0285. The van der Waals surface area contributed by atoms with Crippen LogP contribution in [-0.4, -0.2) is 12.6 Å². The summed E-state index contributed by atoms with van der Waals surface area (Å²) in [6.45, 7) is 6.60. The Labute approximate surface area is 99.8 Å². The number of hydrogen-bond acceptors (Lipinski definition) is 2. The molecule has 1 fully saturated rings. The lowest BCUT2D eigenvalue weighted by atomic mass is 9.90. The zero-order valence-electron chi connectivity index (χ0n) is 11.1. The number of hydrogen-bond donors (Lipinski definition) is 0. The summed E-state index contributed by atoms with van der Waals surface area (Å²) in [6, 6.07) is 0. The Balaban J connectivity index is 2.30. The summed E-state index contributed by atoms with van der Waals surface area (Å²) in [7, 11) is 0. The lowest BCUT2D eigenvalue weighted by Crippen LogP contribution is -2.27. The fourth-order valence-electron chi connectivity index (χ4n) is 2.06. The number of carbonyl (C=O) groups excluding carboxylic acids is 1. The number of rotatable bonds is 4. The lowest BCUT2D eigenvalue weighted by Gasteiger charge is -2.22. The van der Waals surface area contributed by atoms with E-state index in [4.69, 9.17) is 4.74 Å². The van der Waals surface area contributed by atoms with Crippen molar-refractivity contribution in [2.45, 2.75) is 65.7 Å². The molecule has 0 saturated heterocycles. The van der Waals surface area contributed by atoms with Crippen molar-refractivity contribution < 1.29 is 9.53 Å². The molecular formula is C14H26O2. The maximum Gasteiger partial charge on any atom is 0.311 e. The van der Waals surface area contributed by atoms with Crippen LogP contribution in [0.4, 0.5) is 0 Å². The van der Waals surface area contributed by atoms with Crippen molar-refractivity contribution >= 4 is 5.97 Å². The third-order valence-corrected chi connectivity index (χ3v) is 3.86. The largest absolute Gasteiger partial charge is 0.465 e. The lowest BCUT2D eigenvalue weighted by molar-refractivity contribution is -0.155. The highest BCUT2D eigenvalue weighted by Crippen LogP contribution is 2.25. The second-order valence-electron chi connectivity index (χ2n) is 5.69. The maximum absolute atomic E-state index is 11.8. The molecule has 0 aromatic heterocycles. The van der Waals surface area contributed by atoms with Gasteiger partial charge in [-0.05, 0) is 39.0 Å². The molecule has 0 spiro atoms. The van der Waals surface area contributed by atoms with Gasteiger partial charge in [-0.1, -0.05) is 32.6 Å². The van der Waals surface area contributed by atoms with Crippen molar-refractivity contribution in [3.05, 3.63) is 0 Å². The molecule has 0 unspecified atom stereocenters. The SMILES string of the molecule is CCC(C)(C)C(=O)OCC1CCCCCC1. The van der Waals surface area contributed by atoms with E-state index in [1.54, 1.807) is 0 Å². The van der Waals surface area contributed by atoms with Crippen molar-refractivity contribution in [3.63, 3.8) is 0 Å². The van der Waals surface area contributed by atoms with E-state index < -0.39 is 0 Å². The van der Waals surface area contributed by atoms with Crippen molar-refractivity contribution in [3.8, 4) is 0 Å². The van der Waals surface area contributed by atoms with Crippen LogP contribution >= 0.6 is 0 Å². The van der Waals surface area contributed by atoms with Gasteiger partial charge in [0.2, 0.25) is 0 Å². The van der Waals surface area contributed by atoms with Gasteiger partial charge in [-0.3, -0.25) is 4.79 Å². The zero-order chi connectivity index (χ0) is 12.0. The Morgan fingerprint density at radius 3 is 2.25 bits per heavy atom. The summed E-state index contributed by atoms with van der Waals surface area (Å²) < 4.78 is 5.45. The van der Waals surface area contributed by atoms with Crippen LogP contribution in [0.1, 0.15) is 65.7 Å². The molecule has 2 heteroatoms. The first kappa shape index (κ1) is 13.5. The summed E-state index contributed by atoms with van der Waals surface area (Å²) in [5.41, 5.74) is -0.315. The van der Waals surface area contributed by atoms with Gasteiger partial charge in [0.05, 0.1) is 12.0 Å². The van der Waals surface area contributed by atoms with Gasteiger partial charge < -0.3 is 4.74 Å². The number of ether oxygens (including phenoxy) is 1. The molecular weight excluding hydrogens is 200 g/mol. The average Bonchev–Trinajstić information content (AvgIpc) is 2.54. The van der Waals surface area contributed by atoms with E-state index in [1.807, 2.05) is 20.8 Å². The quantitative estimate of drug-likeness (QED) is 0.536. The molecule has 16 heavy (non-hydrogen) atoms. The predicted molar refractivity (Wildman–Crippen MR) is 66.2 cm³/mol. The second kappa shape index (κ2) is 6.27. The summed E-state index contributed by atoms with van der Waals surface area (Å²) in [6.07, 6.45) is 8.63. The van der Waals surface area contributed by atoms with Gasteiger partial charge >= 0.3 is 5.97 Å². The minimum atomic E-state index is -0.315. The normalized spacial score (nSPS) is 19.2. The Kier molecular flexibility index (Phi) is 5.30. The molecule has 1 aliphatic rings. The van der Waals surface area contributed by atoms with Crippen LogP contribution in [-0.2, 0) is 9.53 Å². The van der Waals surface area contributed by atoms with Gasteiger partial charge in [0.25, 0.3) is 0 Å². The van der Waals surface area contributed by atoms with E-state index in [1.165, 1.54) is 38.5 Å². The summed E-state index contributed by atoms with van der Waals surface area (Å²) in [4.78, 5) is 11.8. The molecule has 94 valence electrons. The highest BCUT2D eigenvalue weighted by molar-refractivity contribution is 5.75. The molecule has 2 nitrogen and oxygen atoms in total. The van der Waals surface area contributed by atoms with E-state index in [9.17, 15) is 4.79 Å². The van der Waals surface area contributed by atoms with E-state index in [2.05, 4.69) is 0 Å². The molecule has 0 aliphatic heterocycles. The predicted octanol–water partition coefficient (Wildman–Crippen LogP) is 3.94. The van der Waals surface area contributed by atoms with Crippen molar-refractivity contribution in [1.82, 2.24) is 0 Å². The number of esters is 1. The van der Waals surface area contributed by atoms with Crippen LogP contribution in [0.3, 0.4) is 0 Å². The summed E-state index contributed by atoms with van der Waals surface area (Å²) in [5, 5.41) is 0. The molecule has 1 saturated carbocycles. The number of carbonyl (C=O) groups is 1. The fraction of sp³-hybridized carbons (Fsp3) is 0.929. The molecule has 0 aromatic carbocycles. The third-order valence-electron chi connectivity index (χ3n) is 3.86. The topological polar surface area (TPSA) is 26.3 Å². The highest BCUT2D eigenvalue weighted by atomic mass is 16.5. The second-order valence-corrected chi connectivity index (χ2v) is 5.69. The zero-order valence-corrected chi connectivity index (χ0v) is 11.1. The minimum Gasteiger partial charge on any atom is -0.465 e. The first-order valence-corrected chi connectivity index (χ1v) is 6.73. The van der Waals surface area contributed by atoms with Gasteiger partial charge in [0, 0.05) is 0 Å². The Morgan fingerprint density at radius 2 is 1.75 bits per heavy atom. The first-order chi connectivity index (χ1) is 7.56. The van der Waals surface area contributed by atoms with Crippen molar-refractivity contribution in [2.24, 2.45) is 11.3 Å². The van der Waals surface area contributed by atoms with Crippen LogP contribution in [0, 0.1) is 11.3 Å². The molecule has 0 atom stereocenters. The van der Waals surface area contributed by atoms with Gasteiger partial charge in [0.1, 0.15) is 0 Å². The van der Waals surface area contributed by atoms with Gasteiger partial charge in [-0.25, -0.2) is 0 Å². The van der Waals surface area contributed by atoms with Crippen molar-refractivity contribution in [1.29, 1.82) is 0 Å². The highest BCUT2D eigenvalue weighted by Gasteiger charge is 2.27. The molecule has 1 rings (SSSR count). The van der Waals surface area contributed by atoms with Crippen LogP contribution in [0.5, 0.6) is 0 Å². The molecule has 0 amide bonds. The van der Waals surface area contributed by atoms with E-state index >= 15 is 0 Å².